The molecule has 0 spiro atoms. The van der Waals surface area contributed by atoms with Crippen molar-refractivity contribution in [3.63, 3.8) is 0 Å². The summed E-state index contributed by atoms with van der Waals surface area (Å²) in [5, 5.41) is 0. The van der Waals surface area contributed by atoms with Gasteiger partial charge in [-0.05, 0) is 17.9 Å². The van der Waals surface area contributed by atoms with Gasteiger partial charge >= 0.3 is 5.97 Å². The van der Waals surface area contributed by atoms with Crippen LogP contribution in [0, 0.1) is 17.8 Å². The third kappa shape index (κ3) is 1.23. The lowest BCUT2D eigenvalue weighted by Gasteiger charge is -2.28. The average Bonchev–Trinajstić information content (AvgIpc) is 2.94. The average molecular weight is 340 g/mol. The van der Waals surface area contributed by atoms with Crippen LogP contribution >= 0.6 is 22.6 Å². The number of alkyl halides is 1. The molecule has 4 rings (SSSR count). The zero-order valence-electron chi connectivity index (χ0n) is 9.25. The van der Waals surface area contributed by atoms with E-state index in [1.807, 2.05) is 6.07 Å². The molecule has 2 nitrogen and oxygen atoms in total. The number of hydrogen-bond donors (Lipinski definition) is 0. The van der Waals surface area contributed by atoms with Gasteiger partial charge in [0, 0.05) is 11.8 Å². The van der Waals surface area contributed by atoms with Crippen molar-refractivity contribution in [1.82, 2.24) is 0 Å². The maximum atomic E-state index is 12.0. The van der Waals surface area contributed by atoms with Gasteiger partial charge in [0.05, 0.1) is 9.84 Å². The Labute approximate surface area is 114 Å². The van der Waals surface area contributed by atoms with E-state index in [0.29, 0.717) is 21.7 Å². The second kappa shape index (κ2) is 3.46. The standard InChI is InChI=1S/C14H13IO2/c15-12-8-6-9-11(14(16)17-13(9)12)10(8)7-4-2-1-3-5-7/h1-5,8-13H,6H2/t8-,9-,10-,11+,12-,13+/m1/s1. The summed E-state index contributed by atoms with van der Waals surface area (Å²) in [6.45, 7) is 0. The molecule has 2 bridgehead atoms. The minimum absolute atomic E-state index is 0.0514. The molecule has 0 amide bonds. The highest BCUT2D eigenvalue weighted by Gasteiger charge is 2.65. The largest absolute Gasteiger partial charge is 0.461 e. The maximum Gasteiger partial charge on any atom is 0.310 e. The van der Waals surface area contributed by atoms with Gasteiger partial charge in [-0.15, -0.1) is 0 Å². The van der Waals surface area contributed by atoms with Gasteiger partial charge in [-0.1, -0.05) is 52.9 Å². The predicted molar refractivity (Wildman–Crippen MR) is 72.0 cm³/mol. The van der Waals surface area contributed by atoms with E-state index in [4.69, 9.17) is 4.74 Å². The summed E-state index contributed by atoms with van der Waals surface area (Å²) >= 11 is 2.49. The molecule has 1 aromatic rings. The van der Waals surface area contributed by atoms with E-state index < -0.39 is 0 Å². The number of carbonyl (C=O) groups excluding carboxylic acids is 1. The summed E-state index contributed by atoms with van der Waals surface area (Å²) in [4.78, 5) is 12.0. The molecule has 1 aromatic carbocycles. The van der Waals surface area contributed by atoms with Crippen molar-refractivity contribution < 1.29 is 9.53 Å². The number of esters is 1. The van der Waals surface area contributed by atoms with Crippen LogP contribution in [0.3, 0.4) is 0 Å². The van der Waals surface area contributed by atoms with Crippen molar-refractivity contribution >= 4 is 28.6 Å². The Bertz CT molecular complexity index is 472. The van der Waals surface area contributed by atoms with Crippen LogP contribution in [0.2, 0.25) is 0 Å². The molecule has 1 aliphatic heterocycles. The SMILES string of the molecule is O=C1O[C@@H]2[C@H](I)[C@@H]3C[C@@H]2[C@H]1[C@@H]3c1ccccc1. The second-order valence-corrected chi connectivity index (χ2v) is 6.81. The molecule has 3 heteroatoms. The normalized spacial score (nSPS) is 46.3. The van der Waals surface area contributed by atoms with Crippen LogP contribution in [-0.2, 0) is 9.53 Å². The van der Waals surface area contributed by atoms with Crippen LogP contribution in [0.4, 0.5) is 0 Å². The summed E-state index contributed by atoms with van der Waals surface area (Å²) < 4.78 is 6.06. The van der Waals surface area contributed by atoms with Gasteiger partial charge in [0.2, 0.25) is 0 Å². The lowest BCUT2D eigenvalue weighted by Crippen LogP contribution is -2.32. The number of ether oxygens (including phenoxy) is 1. The number of fused-ring (bicyclic) bond motifs is 1. The Morgan fingerprint density at radius 1 is 1.12 bits per heavy atom. The zero-order chi connectivity index (χ0) is 11.6. The molecule has 2 aliphatic carbocycles. The minimum Gasteiger partial charge on any atom is -0.461 e. The molecule has 1 saturated heterocycles. The van der Waals surface area contributed by atoms with Crippen molar-refractivity contribution in [2.24, 2.45) is 17.8 Å². The molecule has 0 N–H and O–H groups in total. The predicted octanol–water partition coefficient (Wildman–Crippen LogP) is 2.77. The molecule has 88 valence electrons. The van der Waals surface area contributed by atoms with E-state index in [0.717, 1.165) is 0 Å². The lowest BCUT2D eigenvalue weighted by molar-refractivity contribution is -0.143. The summed E-state index contributed by atoms with van der Waals surface area (Å²) in [7, 11) is 0. The van der Waals surface area contributed by atoms with Gasteiger partial charge in [0.25, 0.3) is 0 Å². The molecule has 0 radical (unpaired) electrons. The molecule has 17 heavy (non-hydrogen) atoms. The Morgan fingerprint density at radius 3 is 2.65 bits per heavy atom. The Kier molecular flexibility index (Phi) is 2.11. The van der Waals surface area contributed by atoms with Crippen molar-refractivity contribution in [3.05, 3.63) is 35.9 Å². The fourth-order valence-electron chi connectivity index (χ4n) is 4.10. The van der Waals surface area contributed by atoms with Crippen molar-refractivity contribution in [3.8, 4) is 0 Å². The van der Waals surface area contributed by atoms with Crippen LogP contribution in [-0.4, -0.2) is 16.0 Å². The number of benzene rings is 1. The highest BCUT2D eigenvalue weighted by Crippen LogP contribution is 2.63. The number of rotatable bonds is 1. The number of hydrogen-bond acceptors (Lipinski definition) is 2. The summed E-state index contributed by atoms with van der Waals surface area (Å²) in [6, 6.07) is 10.5. The third-order valence-electron chi connectivity index (χ3n) is 4.71. The zero-order valence-corrected chi connectivity index (χ0v) is 11.4. The van der Waals surface area contributed by atoms with Gasteiger partial charge < -0.3 is 4.74 Å². The molecular weight excluding hydrogens is 327 g/mol. The van der Waals surface area contributed by atoms with Gasteiger partial charge in [-0.25, -0.2) is 0 Å². The highest BCUT2D eigenvalue weighted by atomic mass is 127. The Morgan fingerprint density at radius 2 is 1.88 bits per heavy atom. The van der Waals surface area contributed by atoms with Gasteiger partial charge in [0.15, 0.2) is 0 Å². The van der Waals surface area contributed by atoms with E-state index in [1.165, 1.54) is 12.0 Å². The first-order valence-corrected chi connectivity index (χ1v) is 7.41. The molecule has 0 aromatic heterocycles. The summed E-state index contributed by atoms with van der Waals surface area (Å²) in [6.07, 6.45) is 1.38. The van der Waals surface area contributed by atoms with Gasteiger partial charge in [0.1, 0.15) is 6.10 Å². The highest BCUT2D eigenvalue weighted by molar-refractivity contribution is 14.1. The minimum atomic E-state index is 0.0514. The smallest absolute Gasteiger partial charge is 0.310 e. The van der Waals surface area contributed by atoms with E-state index in [-0.39, 0.29) is 18.0 Å². The van der Waals surface area contributed by atoms with Crippen LogP contribution < -0.4 is 0 Å². The first kappa shape index (κ1) is 10.4. The quantitative estimate of drug-likeness (QED) is 0.446. The van der Waals surface area contributed by atoms with Gasteiger partial charge in [-0.3, -0.25) is 4.79 Å². The number of halogens is 1. The topological polar surface area (TPSA) is 26.3 Å². The van der Waals surface area contributed by atoms with Crippen LogP contribution in [0.1, 0.15) is 17.9 Å². The summed E-state index contributed by atoms with van der Waals surface area (Å²) in [5.74, 6) is 1.70. The Balaban J connectivity index is 1.80. The first-order chi connectivity index (χ1) is 8.27. The van der Waals surface area contributed by atoms with E-state index in [1.54, 1.807) is 0 Å². The van der Waals surface area contributed by atoms with E-state index in [9.17, 15) is 4.79 Å². The van der Waals surface area contributed by atoms with E-state index in [2.05, 4.69) is 46.9 Å². The maximum absolute atomic E-state index is 12.0. The second-order valence-electron chi connectivity index (χ2n) is 5.37. The molecule has 6 atom stereocenters. The molecule has 3 fully saturated rings. The molecule has 2 saturated carbocycles. The van der Waals surface area contributed by atoms with Crippen LogP contribution in [0.25, 0.3) is 0 Å². The van der Waals surface area contributed by atoms with Gasteiger partial charge in [-0.2, -0.15) is 0 Å². The third-order valence-corrected chi connectivity index (χ3v) is 6.34. The molecule has 1 heterocycles. The fraction of sp³-hybridized carbons (Fsp3) is 0.500. The Hall–Kier alpha value is -0.580. The first-order valence-electron chi connectivity index (χ1n) is 6.17. The van der Waals surface area contributed by atoms with E-state index >= 15 is 0 Å². The molecule has 3 aliphatic rings. The lowest BCUT2D eigenvalue weighted by atomic mass is 9.76. The molecular formula is C14H13IO2. The van der Waals surface area contributed by atoms with Crippen LogP contribution in [0.15, 0.2) is 30.3 Å². The van der Waals surface area contributed by atoms with Crippen LogP contribution in [0.5, 0.6) is 0 Å². The summed E-state index contributed by atoms with van der Waals surface area (Å²) in [5.41, 5.74) is 1.32. The fourth-order valence-corrected chi connectivity index (χ4v) is 5.52. The number of carbonyl (C=O) groups is 1. The molecule has 0 unspecified atom stereocenters. The van der Waals surface area contributed by atoms with Crippen molar-refractivity contribution in [2.75, 3.05) is 0 Å². The monoisotopic (exact) mass is 340 g/mol. The van der Waals surface area contributed by atoms with Crippen molar-refractivity contribution in [2.45, 2.75) is 22.4 Å². The van der Waals surface area contributed by atoms with Crippen molar-refractivity contribution in [1.29, 1.82) is 0 Å².